The molecular formula is C21H34N4O2. The molecule has 1 aliphatic rings. The van der Waals surface area contributed by atoms with Crippen LogP contribution in [0.1, 0.15) is 52.1 Å². The molecule has 1 N–H and O–H groups in total. The molecule has 1 fully saturated rings. The summed E-state index contributed by atoms with van der Waals surface area (Å²) in [5, 5.41) is 2.87. The summed E-state index contributed by atoms with van der Waals surface area (Å²) in [6.07, 6.45) is 5.69. The van der Waals surface area contributed by atoms with E-state index >= 15 is 0 Å². The van der Waals surface area contributed by atoms with Crippen molar-refractivity contribution < 1.29 is 9.59 Å². The summed E-state index contributed by atoms with van der Waals surface area (Å²) in [5.41, 5.74) is 1.07. The van der Waals surface area contributed by atoms with E-state index in [1.54, 1.807) is 0 Å². The molecule has 0 aliphatic carbocycles. The molecule has 27 heavy (non-hydrogen) atoms. The van der Waals surface area contributed by atoms with Crippen molar-refractivity contribution in [3.8, 4) is 0 Å². The molecule has 3 atom stereocenters. The highest BCUT2D eigenvalue weighted by atomic mass is 16.2. The molecule has 2 heterocycles. The highest BCUT2D eigenvalue weighted by Crippen LogP contribution is 2.19. The van der Waals surface area contributed by atoms with Gasteiger partial charge in [-0.25, -0.2) is 0 Å². The van der Waals surface area contributed by atoms with Crippen molar-refractivity contribution in [1.29, 1.82) is 0 Å². The predicted molar refractivity (Wildman–Crippen MR) is 107 cm³/mol. The average molecular weight is 375 g/mol. The van der Waals surface area contributed by atoms with Gasteiger partial charge in [-0.15, -0.1) is 0 Å². The summed E-state index contributed by atoms with van der Waals surface area (Å²) in [6.45, 7) is 7.88. The summed E-state index contributed by atoms with van der Waals surface area (Å²) in [7, 11) is 2.14. The van der Waals surface area contributed by atoms with Gasteiger partial charge in [-0.1, -0.05) is 26.3 Å². The Morgan fingerprint density at radius 1 is 1.33 bits per heavy atom. The fourth-order valence-electron chi connectivity index (χ4n) is 3.71. The Morgan fingerprint density at radius 3 is 2.74 bits per heavy atom. The number of pyridine rings is 1. The van der Waals surface area contributed by atoms with Crippen molar-refractivity contribution >= 4 is 11.8 Å². The number of nitrogens with zero attached hydrogens (tertiary/aromatic N) is 3. The first-order chi connectivity index (χ1) is 12.9. The standard InChI is InChI=1S/C21H34N4O2/c1-5-16(2)20(23-17(3)26)21(27)25-13-8-10-19(11-14-25)24(4)15-18-9-6-7-12-22-18/h6-7,9,12,16,19-20H,5,8,10-11,13-15H2,1-4H3,(H,23,26)/t16-,19-,20-/m0/s1. The van der Waals surface area contributed by atoms with Crippen molar-refractivity contribution in [2.24, 2.45) is 5.92 Å². The lowest BCUT2D eigenvalue weighted by Gasteiger charge is -2.30. The normalized spacial score (nSPS) is 20.0. The van der Waals surface area contributed by atoms with Crippen LogP contribution in [0, 0.1) is 5.92 Å². The number of carbonyl (C=O) groups excluding carboxylic acids is 2. The minimum absolute atomic E-state index is 0.0626. The molecule has 1 aromatic rings. The van der Waals surface area contributed by atoms with Gasteiger partial charge in [-0.2, -0.15) is 0 Å². The van der Waals surface area contributed by atoms with Gasteiger partial charge < -0.3 is 10.2 Å². The number of nitrogens with one attached hydrogen (secondary N) is 1. The van der Waals surface area contributed by atoms with E-state index in [2.05, 4.69) is 29.2 Å². The third kappa shape index (κ3) is 6.31. The zero-order valence-corrected chi connectivity index (χ0v) is 17.1. The Bertz CT molecular complexity index is 607. The minimum atomic E-state index is -0.421. The molecule has 0 radical (unpaired) electrons. The van der Waals surface area contributed by atoms with Gasteiger partial charge in [0.1, 0.15) is 6.04 Å². The first-order valence-corrected chi connectivity index (χ1v) is 10.1. The molecule has 6 nitrogen and oxygen atoms in total. The van der Waals surface area contributed by atoms with Gasteiger partial charge in [0, 0.05) is 38.8 Å². The van der Waals surface area contributed by atoms with Gasteiger partial charge in [0.2, 0.25) is 11.8 Å². The molecule has 1 aromatic heterocycles. The highest BCUT2D eigenvalue weighted by Gasteiger charge is 2.31. The lowest BCUT2D eigenvalue weighted by molar-refractivity contribution is -0.137. The fraction of sp³-hybridized carbons (Fsp3) is 0.667. The second-order valence-corrected chi connectivity index (χ2v) is 7.71. The number of likely N-dealkylation sites (tertiary alicyclic amines) is 1. The molecule has 0 aromatic carbocycles. The van der Waals surface area contributed by atoms with Gasteiger partial charge in [0.05, 0.1) is 5.69 Å². The number of carbonyl (C=O) groups is 2. The molecule has 1 saturated heterocycles. The van der Waals surface area contributed by atoms with E-state index in [9.17, 15) is 9.59 Å². The second-order valence-electron chi connectivity index (χ2n) is 7.71. The zero-order chi connectivity index (χ0) is 19.8. The van der Waals surface area contributed by atoms with E-state index < -0.39 is 6.04 Å². The van der Waals surface area contributed by atoms with E-state index in [4.69, 9.17) is 0 Å². The topological polar surface area (TPSA) is 65.5 Å². The maximum absolute atomic E-state index is 13.0. The number of hydrogen-bond acceptors (Lipinski definition) is 4. The Kier molecular flexibility index (Phi) is 8.23. The molecule has 0 spiro atoms. The van der Waals surface area contributed by atoms with Crippen LogP contribution in [0.5, 0.6) is 0 Å². The van der Waals surface area contributed by atoms with Crippen molar-refractivity contribution in [2.45, 2.75) is 65.1 Å². The van der Waals surface area contributed by atoms with Crippen molar-refractivity contribution in [3.63, 3.8) is 0 Å². The number of rotatable bonds is 7. The van der Waals surface area contributed by atoms with Gasteiger partial charge in [-0.3, -0.25) is 19.5 Å². The molecular weight excluding hydrogens is 340 g/mol. The average Bonchev–Trinajstić information content (AvgIpc) is 2.92. The van der Waals surface area contributed by atoms with Crippen LogP contribution in [0.3, 0.4) is 0 Å². The summed E-state index contributed by atoms with van der Waals surface area (Å²) in [5.74, 6) is 0.0521. The second kappa shape index (κ2) is 10.4. The predicted octanol–water partition coefficient (Wildman–Crippen LogP) is 2.45. The van der Waals surface area contributed by atoms with E-state index in [0.717, 1.165) is 51.0 Å². The van der Waals surface area contributed by atoms with Crippen LogP contribution in [0.4, 0.5) is 0 Å². The van der Waals surface area contributed by atoms with E-state index in [1.165, 1.54) is 6.92 Å². The van der Waals surface area contributed by atoms with Crippen LogP contribution >= 0.6 is 0 Å². The molecule has 0 unspecified atom stereocenters. The van der Waals surface area contributed by atoms with Crippen LogP contribution in [-0.4, -0.2) is 58.8 Å². The first kappa shape index (κ1) is 21.4. The molecule has 0 bridgehead atoms. The third-order valence-corrected chi connectivity index (χ3v) is 5.61. The zero-order valence-electron chi connectivity index (χ0n) is 17.1. The quantitative estimate of drug-likeness (QED) is 0.796. The van der Waals surface area contributed by atoms with E-state index in [0.29, 0.717) is 6.04 Å². The minimum Gasteiger partial charge on any atom is -0.344 e. The van der Waals surface area contributed by atoms with Gasteiger partial charge in [-0.05, 0) is 44.4 Å². The van der Waals surface area contributed by atoms with Crippen molar-refractivity contribution in [3.05, 3.63) is 30.1 Å². The molecule has 6 heteroatoms. The summed E-state index contributed by atoms with van der Waals surface area (Å²) >= 11 is 0. The molecule has 150 valence electrons. The van der Waals surface area contributed by atoms with Crippen LogP contribution < -0.4 is 5.32 Å². The van der Waals surface area contributed by atoms with Gasteiger partial charge in [0.25, 0.3) is 0 Å². The van der Waals surface area contributed by atoms with Crippen molar-refractivity contribution in [1.82, 2.24) is 20.1 Å². The molecule has 1 aliphatic heterocycles. The Hall–Kier alpha value is -1.95. The first-order valence-electron chi connectivity index (χ1n) is 10.1. The monoisotopic (exact) mass is 374 g/mol. The van der Waals surface area contributed by atoms with Crippen LogP contribution in [0.2, 0.25) is 0 Å². The van der Waals surface area contributed by atoms with Gasteiger partial charge >= 0.3 is 0 Å². The smallest absolute Gasteiger partial charge is 0.245 e. The SMILES string of the molecule is CC[C@H](C)[C@H](NC(C)=O)C(=O)N1CCC[C@H](N(C)Cc2ccccn2)CC1. The molecule has 2 rings (SSSR count). The maximum Gasteiger partial charge on any atom is 0.245 e. The van der Waals surface area contributed by atoms with Crippen LogP contribution in [0.25, 0.3) is 0 Å². The fourth-order valence-corrected chi connectivity index (χ4v) is 3.71. The summed E-state index contributed by atoms with van der Waals surface area (Å²) in [4.78, 5) is 33.3. The van der Waals surface area contributed by atoms with E-state index in [1.807, 2.05) is 36.2 Å². The maximum atomic E-state index is 13.0. The Balaban J connectivity index is 1.96. The largest absolute Gasteiger partial charge is 0.344 e. The van der Waals surface area contributed by atoms with Crippen LogP contribution in [-0.2, 0) is 16.1 Å². The number of aromatic nitrogens is 1. The Morgan fingerprint density at radius 2 is 2.11 bits per heavy atom. The highest BCUT2D eigenvalue weighted by molar-refractivity contribution is 5.87. The molecule has 2 amide bonds. The van der Waals surface area contributed by atoms with Crippen molar-refractivity contribution in [2.75, 3.05) is 20.1 Å². The summed E-state index contributed by atoms with van der Waals surface area (Å²) in [6, 6.07) is 6.01. The summed E-state index contributed by atoms with van der Waals surface area (Å²) < 4.78 is 0. The number of hydrogen-bond donors (Lipinski definition) is 1. The molecule has 0 saturated carbocycles. The lowest BCUT2D eigenvalue weighted by Crippen LogP contribution is -2.51. The van der Waals surface area contributed by atoms with Crippen LogP contribution in [0.15, 0.2) is 24.4 Å². The third-order valence-electron chi connectivity index (χ3n) is 5.61. The van der Waals surface area contributed by atoms with Gasteiger partial charge in [0.15, 0.2) is 0 Å². The lowest BCUT2D eigenvalue weighted by atomic mass is 9.97. The Labute approximate surface area is 163 Å². The number of amides is 2. The van der Waals surface area contributed by atoms with E-state index in [-0.39, 0.29) is 17.7 Å².